The Morgan fingerprint density at radius 1 is 1.50 bits per heavy atom. The zero-order chi connectivity index (χ0) is 10.9. The maximum Gasteiger partial charge on any atom is 0.122 e. The maximum absolute atomic E-state index is 10.4. The third kappa shape index (κ3) is 1.95. The number of aliphatic hydroxyl groups excluding tert-OH is 1. The van der Waals surface area contributed by atoms with Crippen molar-refractivity contribution in [3.8, 4) is 0 Å². The average molecular weight is 201 g/mol. The van der Waals surface area contributed by atoms with Crippen molar-refractivity contribution in [3.05, 3.63) is 0 Å². The Labute approximate surface area is 86.7 Å². The number of likely N-dealkylation sites (tertiary alicyclic amines) is 1. The Morgan fingerprint density at radius 3 is 2.50 bits per heavy atom. The van der Waals surface area contributed by atoms with Crippen LogP contribution in [-0.2, 0) is 0 Å². The van der Waals surface area contributed by atoms with Crippen molar-refractivity contribution in [2.75, 3.05) is 6.54 Å². The van der Waals surface area contributed by atoms with Crippen LogP contribution in [0.25, 0.3) is 0 Å². The first-order valence-corrected chi connectivity index (χ1v) is 5.59. The first-order valence-electron chi connectivity index (χ1n) is 5.59. The minimum absolute atomic E-state index is 0.154. The maximum atomic E-state index is 10.4. The lowest BCUT2D eigenvalue weighted by Crippen LogP contribution is -2.50. The van der Waals surface area contributed by atoms with Crippen LogP contribution < -0.4 is 0 Å². The molecular weight excluding hydrogens is 178 g/mol. The Balaban J connectivity index is 2.78. The van der Waals surface area contributed by atoms with Crippen LogP contribution in [0.4, 0.5) is 0 Å². The normalized spacial score (nSPS) is 39.6. The summed E-state index contributed by atoms with van der Waals surface area (Å²) in [5, 5.41) is 20.3. The number of hydrogen-bond donors (Lipinski definition) is 2. The van der Waals surface area contributed by atoms with Crippen molar-refractivity contribution in [3.63, 3.8) is 0 Å². The van der Waals surface area contributed by atoms with Gasteiger partial charge in [0.1, 0.15) is 12.0 Å². The highest BCUT2D eigenvalue weighted by Crippen LogP contribution is 2.38. The molecule has 0 aromatic rings. The number of nitrogens with zero attached hydrogens (tertiary/aromatic N) is 1. The predicted molar refractivity (Wildman–Crippen MR) is 56.6 cm³/mol. The molecule has 2 N–H and O–H groups in total. The SMILES string of the molecule is CCC1(O)C(C)CC(O)N1CC(C)C. The molecule has 0 radical (unpaired) electrons. The minimum atomic E-state index is -0.802. The van der Waals surface area contributed by atoms with Crippen molar-refractivity contribution in [2.24, 2.45) is 11.8 Å². The summed E-state index contributed by atoms with van der Waals surface area (Å²) < 4.78 is 0. The van der Waals surface area contributed by atoms with Crippen molar-refractivity contribution >= 4 is 0 Å². The molecule has 3 unspecified atom stereocenters. The molecule has 14 heavy (non-hydrogen) atoms. The van der Waals surface area contributed by atoms with Crippen LogP contribution in [0.1, 0.15) is 40.5 Å². The Hall–Kier alpha value is -0.120. The third-order valence-electron chi connectivity index (χ3n) is 3.29. The first-order chi connectivity index (χ1) is 6.41. The zero-order valence-corrected chi connectivity index (χ0v) is 9.70. The molecule has 0 aromatic heterocycles. The van der Waals surface area contributed by atoms with E-state index in [0.29, 0.717) is 18.8 Å². The first kappa shape index (κ1) is 12.0. The number of aliphatic hydroxyl groups is 2. The summed E-state index contributed by atoms with van der Waals surface area (Å²) in [6.45, 7) is 8.95. The summed E-state index contributed by atoms with van der Waals surface area (Å²) >= 11 is 0. The molecule has 1 aliphatic heterocycles. The summed E-state index contributed by atoms with van der Waals surface area (Å²) in [4.78, 5) is 1.85. The van der Waals surface area contributed by atoms with Gasteiger partial charge in [-0.25, -0.2) is 4.90 Å². The van der Waals surface area contributed by atoms with Crippen LogP contribution >= 0.6 is 0 Å². The van der Waals surface area contributed by atoms with Gasteiger partial charge < -0.3 is 10.2 Å². The van der Waals surface area contributed by atoms with Gasteiger partial charge in [0, 0.05) is 12.5 Å². The van der Waals surface area contributed by atoms with E-state index in [1.165, 1.54) is 0 Å². The molecule has 1 aliphatic rings. The van der Waals surface area contributed by atoms with Gasteiger partial charge in [-0.05, 0) is 18.8 Å². The monoisotopic (exact) mass is 201 g/mol. The van der Waals surface area contributed by atoms with Crippen LogP contribution in [0.5, 0.6) is 0 Å². The second-order valence-corrected chi connectivity index (χ2v) is 4.90. The van der Waals surface area contributed by atoms with Crippen LogP contribution in [0.3, 0.4) is 0 Å². The molecule has 0 amide bonds. The van der Waals surface area contributed by atoms with Crippen molar-refractivity contribution in [1.82, 2.24) is 4.90 Å². The van der Waals surface area contributed by atoms with Crippen LogP contribution in [-0.4, -0.2) is 33.6 Å². The fourth-order valence-corrected chi connectivity index (χ4v) is 2.40. The highest BCUT2D eigenvalue weighted by atomic mass is 16.3. The molecule has 1 rings (SSSR count). The summed E-state index contributed by atoms with van der Waals surface area (Å²) in [5.74, 6) is 0.620. The van der Waals surface area contributed by atoms with Crippen molar-refractivity contribution < 1.29 is 10.2 Å². The average Bonchev–Trinajstić information content (AvgIpc) is 2.30. The quantitative estimate of drug-likeness (QED) is 0.725. The fraction of sp³-hybridized carbons (Fsp3) is 1.00. The van der Waals surface area contributed by atoms with Gasteiger partial charge in [0.25, 0.3) is 0 Å². The fourth-order valence-electron chi connectivity index (χ4n) is 2.40. The second kappa shape index (κ2) is 4.17. The van der Waals surface area contributed by atoms with Crippen molar-refractivity contribution in [1.29, 1.82) is 0 Å². The van der Waals surface area contributed by atoms with E-state index in [2.05, 4.69) is 13.8 Å². The summed E-state index contributed by atoms with van der Waals surface area (Å²) in [6.07, 6.45) is 0.881. The largest absolute Gasteiger partial charge is 0.378 e. The second-order valence-electron chi connectivity index (χ2n) is 4.90. The highest BCUT2D eigenvalue weighted by molar-refractivity contribution is 4.92. The Morgan fingerprint density at radius 2 is 2.07 bits per heavy atom. The van der Waals surface area contributed by atoms with Gasteiger partial charge in [0.05, 0.1) is 0 Å². The summed E-state index contributed by atoms with van der Waals surface area (Å²) in [6, 6.07) is 0. The molecule has 3 heteroatoms. The zero-order valence-electron chi connectivity index (χ0n) is 9.70. The molecule has 3 atom stereocenters. The van der Waals surface area contributed by atoms with E-state index in [9.17, 15) is 10.2 Å². The lowest BCUT2D eigenvalue weighted by atomic mass is 9.95. The van der Waals surface area contributed by atoms with Gasteiger partial charge in [-0.15, -0.1) is 0 Å². The van der Waals surface area contributed by atoms with Gasteiger partial charge in [-0.1, -0.05) is 27.7 Å². The van der Waals surface area contributed by atoms with Crippen LogP contribution in [0.2, 0.25) is 0 Å². The van der Waals surface area contributed by atoms with E-state index in [0.717, 1.165) is 6.54 Å². The molecule has 0 bridgehead atoms. The number of rotatable bonds is 3. The molecule has 1 fully saturated rings. The Bertz CT molecular complexity index is 196. The highest BCUT2D eigenvalue weighted by Gasteiger charge is 2.48. The van der Waals surface area contributed by atoms with Gasteiger partial charge in [0.15, 0.2) is 0 Å². The lowest BCUT2D eigenvalue weighted by Gasteiger charge is -2.37. The topological polar surface area (TPSA) is 43.7 Å². The van der Waals surface area contributed by atoms with E-state index in [1.54, 1.807) is 0 Å². The molecule has 1 heterocycles. The Kier molecular flexibility index (Phi) is 3.56. The molecule has 3 nitrogen and oxygen atoms in total. The smallest absolute Gasteiger partial charge is 0.122 e. The molecule has 0 saturated carbocycles. The standard InChI is InChI=1S/C11H23NO2/c1-5-11(14)9(4)6-10(13)12(11)7-8(2)3/h8-10,13-14H,5-7H2,1-4H3. The number of hydrogen-bond acceptors (Lipinski definition) is 3. The van der Waals surface area contributed by atoms with E-state index < -0.39 is 12.0 Å². The molecule has 0 aliphatic carbocycles. The van der Waals surface area contributed by atoms with E-state index in [4.69, 9.17) is 0 Å². The van der Waals surface area contributed by atoms with E-state index in [-0.39, 0.29) is 5.92 Å². The van der Waals surface area contributed by atoms with Gasteiger partial charge >= 0.3 is 0 Å². The predicted octanol–water partition coefficient (Wildman–Crippen LogP) is 1.40. The molecule has 1 saturated heterocycles. The molecular formula is C11H23NO2. The van der Waals surface area contributed by atoms with E-state index in [1.807, 2.05) is 18.7 Å². The molecule has 84 valence electrons. The van der Waals surface area contributed by atoms with Crippen molar-refractivity contribution in [2.45, 2.75) is 52.5 Å². The van der Waals surface area contributed by atoms with Gasteiger partial charge in [0.2, 0.25) is 0 Å². The molecule has 0 spiro atoms. The van der Waals surface area contributed by atoms with E-state index >= 15 is 0 Å². The minimum Gasteiger partial charge on any atom is -0.378 e. The van der Waals surface area contributed by atoms with Crippen LogP contribution in [0.15, 0.2) is 0 Å². The third-order valence-corrected chi connectivity index (χ3v) is 3.29. The summed E-state index contributed by atoms with van der Waals surface area (Å²) in [5.41, 5.74) is -0.802. The van der Waals surface area contributed by atoms with Gasteiger partial charge in [-0.2, -0.15) is 0 Å². The molecule has 0 aromatic carbocycles. The van der Waals surface area contributed by atoms with Gasteiger partial charge in [-0.3, -0.25) is 0 Å². The lowest BCUT2D eigenvalue weighted by molar-refractivity contribution is -0.153. The summed E-state index contributed by atoms with van der Waals surface area (Å²) in [7, 11) is 0. The van der Waals surface area contributed by atoms with Crippen LogP contribution in [0, 0.1) is 11.8 Å².